The molecule has 0 radical (unpaired) electrons. The molecule has 2 N–H and O–H groups in total. The maximum atomic E-state index is 12.4. The van der Waals surface area contributed by atoms with Crippen LogP contribution in [-0.2, 0) is 4.74 Å². The summed E-state index contributed by atoms with van der Waals surface area (Å²) in [6, 6.07) is 0.00767. The van der Waals surface area contributed by atoms with Crippen LogP contribution in [0.1, 0.15) is 38.5 Å². The maximum absolute atomic E-state index is 12.4. The molecule has 1 heterocycles. The van der Waals surface area contributed by atoms with E-state index in [1.165, 1.54) is 30.6 Å². The summed E-state index contributed by atoms with van der Waals surface area (Å²) < 4.78 is 43.0. The maximum Gasteiger partial charge on any atom is 0.401 e. The Labute approximate surface area is 165 Å². The molecule has 1 aliphatic heterocycles. The molecule has 5 nitrogen and oxygen atoms in total. The molecule has 1 saturated carbocycles. The van der Waals surface area contributed by atoms with Crippen molar-refractivity contribution in [2.45, 2.75) is 56.8 Å². The zero-order chi connectivity index (χ0) is 17.4. The Hall–Kier alpha value is -0.290. The van der Waals surface area contributed by atoms with Crippen molar-refractivity contribution in [3.8, 4) is 0 Å². The first-order chi connectivity index (χ1) is 11.5. The van der Waals surface area contributed by atoms with Gasteiger partial charge in [-0.15, -0.1) is 24.0 Å². The second-order valence-electron chi connectivity index (χ2n) is 6.61. The van der Waals surface area contributed by atoms with Crippen molar-refractivity contribution in [1.29, 1.82) is 0 Å². The van der Waals surface area contributed by atoms with Gasteiger partial charge in [0.05, 0.1) is 12.6 Å². The number of hydrogen-bond donors (Lipinski definition) is 2. The minimum absolute atomic E-state index is 0. The zero-order valence-corrected chi connectivity index (χ0v) is 17.1. The van der Waals surface area contributed by atoms with Crippen LogP contribution >= 0.6 is 24.0 Å². The van der Waals surface area contributed by atoms with Gasteiger partial charge in [0.25, 0.3) is 0 Å². The SMILES string of the molecule is CN=C(NCCCOC1CCCC1)NC1CCN(CC(F)(F)F)C1.I. The summed E-state index contributed by atoms with van der Waals surface area (Å²) in [5.74, 6) is 0.648. The number of alkyl halides is 3. The highest BCUT2D eigenvalue weighted by Crippen LogP contribution is 2.21. The standard InChI is InChI=1S/C16H29F3N4O.HI/c1-20-15(21-8-4-10-24-14-5-2-3-6-14)22-13-7-9-23(11-13)12-16(17,18)19;/h13-14H,2-12H2,1H3,(H2,20,21,22);1H. The first kappa shape index (κ1) is 22.8. The topological polar surface area (TPSA) is 48.9 Å². The number of rotatable bonds is 7. The molecule has 0 amide bonds. The number of ether oxygens (including phenoxy) is 1. The minimum Gasteiger partial charge on any atom is -0.378 e. The Morgan fingerprint density at radius 2 is 1.96 bits per heavy atom. The molecule has 0 aromatic carbocycles. The highest BCUT2D eigenvalue weighted by atomic mass is 127. The monoisotopic (exact) mass is 478 g/mol. The summed E-state index contributed by atoms with van der Waals surface area (Å²) in [5, 5.41) is 6.41. The first-order valence-corrected chi connectivity index (χ1v) is 8.84. The third-order valence-electron chi connectivity index (χ3n) is 4.51. The summed E-state index contributed by atoms with van der Waals surface area (Å²) >= 11 is 0. The summed E-state index contributed by atoms with van der Waals surface area (Å²) in [7, 11) is 1.67. The molecule has 0 bridgehead atoms. The van der Waals surface area contributed by atoms with E-state index in [1.54, 1.807) is 7.05 Å². The second-order valence-corrected chi connectivity index (χ2v) is 6.61. The van der Waals surface area contributed by atoms with Gasteiger partial charge >= 0.3 is 6.18 Å². The van der Waals surface area contributed by atoms with E-state index in [1.807, 2.05) is 0 Å². The fourth-order valence-corrected chi connectivity index (χ4v) is 3.32. The molecule has 1 unspecified atom stereocenters. The molecule has 2 fully saturated rings. The predicted octanol–water partition coefficient (Wildman–Crippen LogP) is 2.76. The molecular weight excluding hydrogens is 448 g/mol. The van der Waals surface area contributed by atoms with Crippen LogP contribution in [-0.4, -0.2) is 69.0 Å². The summed E-state index contributed by atoms with van der Waals surface area (Å²) in [6.07, 6.45) is 2.77. The van der Waals surface area contributed by atoms with Gasteiger partial charge in [-0.05, 0) is 25.7 Å². The van der Waals surface area contributed by atoms with Crippen LogP contribution in [0.5, 0.6) is 0 Å². The van der Waals surface area contributed by atoms with Crippen molar-refractivity contribution in [2.75, 3.05) is 39.8 Å². The summed E-state index contributed by atoms with van der Waals surface area (Å²) in [6.45, 7) is 1.49. The smallest absolute Gasteiger partial charge is 0.378 e. The van der Waals surface area contributed by atoms with Gasteiger partial charge in [0.15, 0.2) is 5.96 Å². The number of aliphatic imine (C=N–C) groups is 1. The third-order valence-corrected chi connectivity index (χ3v) is 4.51. The van der Waals surface area contributed by atoms with E-state index >= 15 is 0 Å². The second kappa shape index (κ2) is 11.4. The molecular formula is C16H30F3IN4O. The lowest BCUT2D eigenvalue weighted by Gasteiger charge is -2.20. The summed E-state index contributed by atoms with van der Waals surface area (Å²) in [5.41, 5.74) is 0. The lowest BCUT2D eigenvalue weighted by molar-refractivity contribution is -0.143. The number of nitrogens with one attached hydrogen (secondary N) is 2. The lowest BCUT2D eigenvalue weighted by atomic mass is 10.3. The summed E-state index contributed by atoms with van der Waals surface area (Å²) in [4.78, 5) is 5.57. The highest BCUT2D eigenvalue weighted by Gasteiger charge is 2.34. The quantitative estimate of drug-likeness (QED) is 0.256. The molecule has 2 aliphatic rings. The normalized spacial score (nSPS) is 22.9. The van der Waals surface area contributed by atoms with E-state index < -0.39 is 12.7 Å². The van der Waals surface area contributed by atoms with Crippen LogP contribution in [0.25, 0.3) is 0 Å². The van der Waals surface area contributed by atoms with Crippen LogP contribution in [0.3, 0.4) is 0 Å². The van der Waals surface area contributed by atoms with Gasteiger partial charge in [-0.2, -0.15) is 13.2 Å². The molecule has 9 heteroatoms. The Bertz CT molecular complexity index is 403. The van der Waals surface area contributed by atoms with Crippen molar-refractivity contribution < 1.29 is 17.9 Å². The minimum atomic E-state index is -4.13. The van der Waals surface area contributed by atoms with Crippen LogP contribution in [0.4, 0.5) is 13.2 Å². The van der Waals surface area contributed by atoms with Gasteiger partial charge in [-0.3, -0.25) is 9.89 Å². The Morgan fingerprint density at radius 3 is 2.60 bits per heavy atom. The fourth-order valence-electron chi connectivity index (χ4n) is 3.32. The number of nitrogens with zero attached hydrogens (tertiary/aromatic N) is 2. The highest BCUT2D eigenvalue weighted by molar-refractivity contribution is 14.0. The number of likely N-dealkylation sites (tertiary alicyclic amines) is 1. The zero-order valence-electron chi connectivity index (χ0n) is 14.8. The van der Waals surface area contributed by atoms with Crippen molar-refractivity contribution in [1.82, 2.24) is 15.5 Å². The Morgan fingerprint density at radius 1 is 1.24 bits per heavy atom. The van der Waals surface area contributed by atoms with E-state index in [-0.39, 0.29) is 30.0 Å². The van der Waals surface area contributed by atoms with E-state index in [2.05, 4.69) is 15.6 Å². The van der Waals surface area contributed by atoms with Crippen molar-refractivity contribution >= 4 is 29.9 Å². The number of halogens is 4. The molecule has 1 saturated heterocycles. The van der Waals surface area contributed by atoms with Crippen LogP contribution < -0.4 is 10.6 Å². The molecule has 1 aliphatic carbocycles. The van der Waals surface area contributed by atoms with Crippen LogP contribution in [0.15, 0.2) is 4.99 Å². The molecule has 0 aromatic heterocycles. The average Bonchev–Trinajstić information content (AvgIpc) is 3.16. The fraction of sp³-hybridized carbons (Fsp3) is 0.938. The van der Waals surface area contributed by atoms with E-state index in [0.29, 0.717) is 31.6 Å². The average molecular weight is 478 g/mol. The Kier molecular flexibility index (Phi) is 10.4. The lowest BCUT2D eigenvalue weighted by Crippen LogP contribution is -2.45. The number of hydrogen-bond acceptors (Lipinski definition) is 3. The molecule has 25 heavy (non-hydrogen) atoms. The van der Waals surface area contributed by atoms with Gasteiger partial charge in [-0.1, -0.05) is 12.8 Å². The van der Waals surface area contributed by atoms with Gasteiger partial charge in [0.2, 0.25) is 0 Å². The van der Waals surface area contributed by atoms with Crippen LogP contribution in [0.2, 0.25) is 0 Å². The molecule has 0 spiro atoms. The third kappa shape index (κ3) is 9.28. The van der Waals surface area contributed by atoms with Crippen molar-refractivity contribution in [3.05, 3.63) is 0 Å². The van der Waals surface area contributed by atoms with Gasteiger partial charge in [0.1, 0.15) is 0 Å². The van der Waals surface area contributed by atoms with Crippen molar-refractivity contribution in [3.63, 3.8) is 0 Å². The van der Waals surface area contributed by atoms with Gasteiger partial charge in [-0.25, -0.2) is 0 Å². The molecule has 0 aromatic rings. The number of guanidine groups is 1. The van der Waals surface area contributed by atoms with Gasteiger partial charge in [0, 0.05) is 39.3 Å². The van der Waals surface area contributed by atoms with E-state index in [9.17, 15) is 13.2 Å². The van der Waals surface area contributed by atoms with E-state index in [4.69, 9.17) is 4.74 Å². The van der Waals surface area contributed by atoms with Gasteiger partial charge < -0.3 is 15.4 Å². The molecule has 1 atom stereocenters. The van der Waals surface area contributed by atoms with Crippen molar-refractivity contribution in [2.24, 2.45) is 4.99 Å². The Balaban J connectivity index is 0.00000312. The molecule has 2 rings (SSSR count). The van der Waals surface area contributed by atoms with E-state index in [0.717, 1.165) is 19.6 Å². The predicted molar refractivity (Wildman–Crippen MR) is 104 cm³/mol. The largest absolute Gasteiger partial charge is 0.401 e. The van der Waals surface area contributed by atoms with Crippen LogP contribution in [0, 0.1) is 0 Å². The molecule has 148 valence electrons. The first-order valence-electron chi connectivity index (χ1n) is 8.84.